The van der Waals surface area contributed by atoms with Crippen LogP contribution in [0.4, 0.5) is 0 Å². The zero-order chi connectivity index (χ0) is 20.1. The minimum absolute atomic E-state index is 0.0122. The smallest absolute Gasteiger partial charge is 0.230 e. The maximum atomic E-state index is 13.1. The summed E-state index contributed by atoms with van der Waals surface area (Å²) in [6.45, 7) is 2.78. The molecule has 0 spiro atoms. The van der Waals surface area contributed by atoms with Crippen molar-refractivity contribution in [1.82, 2.24) is 10.2 Å². The van der Waals surface area contributed by atoms with E-state index in [9.17, 15) is 9.59 Å². The summed E-state index contributed by atoms with van der Waals surface area (Å²) in [6, 6.07) is 15.3. The fourth-order valence-corrected chi connectivity index (χ4v) is 3.57. The van der Waals surface area contributed by atoms with Gasteiger partial charge in [-0.25, -0.2) is 0 Å². The first-order valence-electron chi connectivity index (χ1n) is 9.25. The Kier molecular flexibility index (Phi) is 5.87. The lowest BCUT2D eigenvalue weighted by atomic mass is 9.73. The molecular formula is C22H26N2O4. The van der Waals surface area contributed by atoms with E-state index < -0.39 is 5.41 Å². The van der Waals surface area contributed by atoms with Crippen LogP contribution in [0, 0.1) is 5.41 Å². The number of carbonyl (C=O) groups excluding carboxylic acids is 2. The first kappa shape index (κ1) is 19.7. The number of carbonyl (C=O) groups is 2. The molecule has 1 N–H and O–H groups in total. The Bertz CT molecular complexity index is 859. The Balaban J connectivity index is 1.73. The molecule has 0 unspecified atom stereocenters. The molecule has 1 aliphatic rings. The number of nitrogens with zero attached hydrogens (tertiary/aromatic N) is 1. The zero-order valence-electron chi connectivity index (χ0n) is 16.5. The molecule has 0 aliphatic carbocycles. The monoisotopic (exact) mass is 382 g/mol. The summed E-state index contributed by atoms with van der Waals surface area (Å²) >= 11 is 0. The second-order valence-corrected chi connectivity index (χ2v) is 7.22. The van der Waals surface area contributed by atoms with Gasteiger partial charge in [0.05, 0.1) is 19.6 Å². The summed E-state index contributed by atoms with van der Waals surface area (Å²) in [7, 11) is 3.24. The highest BCUT2D eigenvalue weighted by Gasteiger charge is 2.50. The summed E-state index contributed by atoms with van der Waals surface area (Å²) in [5, 5.41) is 3.04. The van der Waals surface area contributed by atoms with E-state index in [4.69, 9.17) is 9.47 Å². The molecule has 2 aromatic rings. The van der Waals surface area contributed by atoms with Gasteiger partial charge in [0.25, 0.3) is 0 Å². The van der Waals surface area contributed by atoms with Crippen molar-refractivity contribution in [2.75, 3.05) is 27.3 Å². The van der Waals surface area contributed by atoms with Crippen molar-refractivity contribution in [1.29, 1.82) is 0 Å². The predicted molar refractivity (Wildman–Crippen MR) is 106 cm³/mol. The van der Waals surface area contributed by atoms with E-state index in [1.54, 1.807) is 19.1 Å². The first-order valence-corrected chi connectivity index (χ1v) is 9.25. The third-order valence-electron chi connectivity index (χ3n) is 5.18. The highest BCUT2D eigenvalue weighted by atomic mass is 16.5. The van der Waals surface area contributed by atoms with E-state index in [2.05, 4.69) is 5.32 Å². The number of hydrogen-bond donors (Lipinski definition) is 1. The first-order chi connectivity index (χ1) is 13.5. The van der Waals surface area contributed by atoms with Crippen LogP contribution in [-0.2, 0) is 22.6 Å². The van der Waals surface area contributed by atoms with E-state index >= 15 is 0 Å². The minimum Gasteiger partial charge on any atom is -0.497 e. The largest absolute Gasteiger partial charge is 0.497 e. The molecule has 0 bridgehead atoms. The molecule has 1 aliphatic heterocycles. The average Bonchev–Trinajstić information content (AvgIpc) is 2.68. The van der Waals surface area contributed by atoms with Gasteiger partial charge in [-0.1, -0.05) is 24.3 Å². The molecule has 0 saturated carbocycles. The van der Waals surface area contributed by atoms with Crippen LogP contribution in [0.2, 0.25) is 0 Å². The maximum Gasteiger partial charge on any atom is 0.230 e. The second-order valence-electron chi connectivity index (χ2n) is 7.22. The molecule has 1 heterocycles. The minimum atomic E-state index is -0.628. The predicted octanol–water partition coefficient (Wildman–Crippen LogP) is 2.41. The number of benzene rings is 2. The number of hydrogen-bond acceptors (Lipinski definition) is 4. The molecule has 0 atom stereocenters. The molecule has 1 saturated heterocycles. The average molecular weight is 382 g/mol. The van der Waals surface area contributed by atoms with E-state index in [0.29, 0.717) is 26.1 Å². The fraction of sp³-hybridized carbons (Fsp3) is 0.364. The van der Waals surface area contributed by atoms with Crippen molar-refractivity contribution < 1.29 is 19.1 Å². The van der Waals surface area contributed by atoms with Crippen LogP contribution in [0.25, 0.3) is 0 Å². The second kappa shape index (κ2) is 8.33. The number of ether oxygens (including phenoxy) is 2. The van der Waals surface area contributed by atoms with Crippen LogP contribution in [-0.4, -0.2) is 44.0 Å². The molecule has 28 heavy (non-hydrogen) atoms. The number of methoxy groups -OCH3 is 2. The molecule has 6 nitrogen and oxygen atoms in total. The normalized spacial score (nSPS) is 14.8. The van der Waals surface area contributed by atoms with Gasteiger partial charge in [-0.15, -0.1) is 0 Å². The van der Waals surface area contributed by atoms with Crippen molar-refractivity contribution in [3.63, 3.8) is 0 Å². The molecule has 0 aromatic heterocycles. The molecule has 6 heteroatoms. The number of amides is 2. The lowest BCUT2D eigenvalue weighted by Gasteiger charge is -2.48. The Labute approximate surface area is 165 Å². The van der Waals surface area contributed by atoms with E-state index in [-0.39, 0.29) is 11.8 Å². The van der Waals surface area contributed by atoms with Gasteiger partial charge < -0.3 is 19.7 Å². The van der Waals surface area contributed by atoms with Crippen LogP contribution >= 0.6 is 0 Å². The van der Waals surface area contributed by atoms with Gasteiger partial charge in [0, 0.05) is 26.6 Å². The Hall–Kier alpha value is -3.02. The third kappa shape index (κ3) is 4.27. The number of nitrogens with one attached hydrogen (secondary N) is 1. The van der Waals surface area contributed by atoms with Gasteiger partial charge in [0.2, 0.25) is 11.8 Å². The van der Waals surface area contributed by atoms with Crippen LogP contribution in [0.3, 0.4) is 0 Å². The number of likely N-dealkylation sites (tertiary alicyclic amines) is 1. The van der Waals surface area contributed by atoms with Crippen molar-refractivity contribution in [2.45, 2.75) is 19.9 Å². The SMILES string of the molecule is COc1cccc(CNC(=O)C2(Cc3cccc(OC)c3)CN(C(C)=O)C2)c1. The Morgan fingerprint density at radius 2 is 1.57 bits per heavy atom. The van der Waals surface area contributed by atoms with Crippen LogP contribution < -0.4 is 14.8 Å². The summed E-state index contributed by atoms with van der Waals surface area (Å²) in [4.78, 5) is 26.5. The van der Waals surface area contributed by atoms with Gasteiger partial charge in [-0.05, 0) is 41.8 Å². The van der Waals surface area contributed by atoms with Crippen molar-refractivity contribution >= 4 is 11.8 Å². The number of rotatable bonds is 7. The molecule has 1 fully saturated rings. The molecular weight excluding hydrogens is 356 g/mol. The van der Waals surface area contributed by atoms with Crippen LogP contribution in [0.1, 0.15) is 18.1 Å². The Morgan fingerprint density at radius 1 is 1.00 bits per heavy atom. The van der Waals surface area contributed by atoms with Crippen LogP contribution in [0.15, 0.2) is 48.5 Å². The van der Waals surface area contributed by atoms with E-state index in [1.165, 1.54) is 6.92 Å². The summed E-state index contributed by atoms with van der Waals surface area (Å²) in [6.07, 6.45) is 0.553. The molecule has 148 valence electrons. The lowest BCUT2D eigenvalue weighted by molar-refractivity contribution is -0.152. The highest BCUT2D eigenvalue weighted by Crippen LogP contribution is 2.35. The van der Waals surface area contributed by atoms with E-state index in [1.807, 2.05) is 48.5 Å². The summed E-state index contributed by atoms with van der Waals surface area (Å²) < 4.78 is 10.5. The van der Waals surface area contributed by atoms with Crippen molar-refractivity contribution in [2.24, 2.45) is 5.41 Å². The van der Waals surface area contributed by atoms with Gasteiger partial charge >= 0.3 is 0 Å². The van der Waals surface area contributed by atoms with Crippen LogP contribution in [0.5, 0.6) is 11.5 Å². The fourth-order valence-electron chi connectivity index (χ4n) is 3.57. The van der Waals surface area contributed by atoms with Gasteiger partial charge in [0.15, 0.2) is 0 Å². The Morgan fingerprint density at radius 3 is 2.14 bits per heavy atom. The standard InChI is InChI=1S/C22H26N2O4/c1-16(25)24-14-22(15-24,12-17-6-4-8-19(10-17)27-2)21(26)23-13-18-7-5-9-20(11-18)28-3/h4-11H,12-15H2,1-3H3,(H,23,26). The third-order valence-corrected chi connectivity index (χ3v) is 5.18. The van der Waals surface area contributed by atoms with Gasteiger partial charge in [-0.3, -0.25) is 9.59 Å². The van der Waals surface area contributed by atoms with E-state index in [0.717, 1.165) is 22.6 Å². The molecule has 3 rings (SSSR count). The summed E-state index contributed by atoms with van der Waals surface area (Å²) in [5.41, 5.74) is 1.35. The maximum absolute atomic E-state index is 13.1. The zero-order valence-corrected chi connectivity index (χ0v) is 16.5. The lowest BCUT2D eigenvalue weighted by Crippen LogP contribution is -2.65. The van der Waals surface area contributed by atoms with Crippen molar-refractivity contribution in [3.05, 3.63) is 59.7 Å². The molecule has 0 radical (unpaired) electrons. The van der Waals surface area contributed by atoms with Gasteiger partial charge in [-0.2, -0.15) is 0 Å². The van der Waals surface area contributed by atoms with Crippen molar-refractivity contribution in [3.8, 4) is 11.5 Å². The molecule has 2 amide bonds. The quantitative estimate of drug-likeness (QED) is 0.799. The van der Waals surface area contributed by atoms with Gasteiger partial charge in [0.1, 0.15) is 11.5 Å². The topological polar surface area (TPSA) is 67.9 Å². The highest BCUT2D eigenvalue weighted by molar-refractivity contribution is 5.87. The summed E-state index contributed by atoms with van der Waals surface area (Å²) in [5.74, 6) is 1.45. The molecule has 2 aromatic carbocycles.